The van der Waals surface area contributed by atoms with Crippen LogP contribution in [-0.4, -0.2) is 69.7 Å². The minimum Gasteiger partial charge on any atom is -0.379 e. The predicted octanol–water partition coefficient (Wildman–Crippen LogP) is -0.683. The fourth-order valence-electron chi connectivity index (χ4n) is 2.06. The predicted molar refractivity (Wildman–Crippen MR) is 86.3 cm³/mol. The van der Waals surface area contributed by atoms with Gasteiger partial charge in [-0.15, -0.1) is 0 Å². The minimum absolute atomic E-state index is 0.0215. The van der Waals surface area contributed by atoms with Gasteiger partial charge in [-0.25, -0.2) is 8.42 Å². The summed E-state index contributed by atoms with van der Waals surface area (Å²) in [6.45, 7) is 7.16. The van der Waals surface area contributed by atoms with E-state index in [1.807, 2.05) is 20.8 Å². The highest BCUT2D eigenvalue weighted by atomic mass is 32.2. The number of carbonyl (C=O) groups is 2. The first-order chi connectivity index (χ1) is 10.6. The molecule has 1 rings (SSSR count). The van der Waals surface area contributed by atoms with Gasteiger partial charge in [0.05, 0.1) is 25.5 Å². The number of morpholine rings is 1. The molecule has 1 heterocycles. The molecule has 0 atom stereocenters. The van der Waals surface area contributed by atoms with Crippen molar-refractivity contribution in [1.29, 1.82) is 0 Å². The molecular weight excluding hydrogens is 322 g/mol. The Hall–Kier alpha value is -1.19. The summed E-state index contributed by atoms with van der Waals surface area (Å²) < 4.78 is 30.6. The van der Waals surface area contributed by atoms with Crippen LogP contribution in [0.15, 0.2) is 0 Å². The molecule has 0 aliphatic carbocycles. The monoisotopic (exact) mass is 349 g/mol. The molecule has 1 fully saturated rings. The summed E-state index contributed by atoms with van der Waals surface area (Å²) in [6.07, 6.45) is 0.325. The maximum absolute atomic E-state index is 12.0. The van der Waals surface area contributed by atoms with Crippen molar-refractivity contribution in [2.24, 2.45) is 5.41 Å². The molecule has 1 aliphatic heterocycles. The molecule has 2 N–H and O–H groups in total. The average Bonchev–Trinajstić information content (AvgIpc) is 2.44. The van der Waals surface area contributed by atoms with E-state index in [0.29, 0.717) is 32.7 Å². The topological polar surface area (TPSA) is 105 Å². The summed E-state index contributed by atoms with van der Waals surface area (Å²) in [5.74, 6) is -0.757. The van der Waals surface area contributed by atoms with Crippen LogP contribution in [0.5, 0.6) is 0 Å². The maximum Gasteiger partial charge on any atom is 0.239 e. The van der Waals surface area contributed by atoms with E-state index in [0.717, 1.165) is 0 Å². The Balaban J connectivity index is 2.24. The van der Waals surface area contributed by atoms with E-state index in [1.54, 1.807) is 0 Å². The van der Waals surface area contributed by atoms with Crippen LogP contribution in [-0.2, 0) is 24.3 Å². The van der Waals surface area contributed by atoms with E-state index in [-0.39, 0.29) is 30.2 Å². The van der Waals surface area contributed by atoms with Crippen molar-refractivity contribution in [1.82, 2.24) is 14.9 Å². The van der Waals surface area contributed by atoms with E-state index in [2.05, 4.69) is 10.6 Å². The van der Waals surface area contributed by atoms with Gasteiger partial charge in [0.25, 0.3) is 0 Å². The van der Waals surface area contributed by atoms with Crippen molar-refractivity contribution < 1.29 is 22.7 Å². The molecule has 134 valence electrons. The van der Waals surface area contributed by atoms with Gasteiger partial charge in [0.2, 0.25) is 21.8 Å². The molecule has 1 saturated heterocycles. The van der Waals surface area contributed by atoms with Gasteiger partial charge in [-0.2, -0.15) is 4.31 Å². The van der Waals surface area contributed by atoms with Gasteiger partial charge in [0.15, 0.2) is 0 Å². The second-order valence-corrected chi connectivity index (χ2v) is 8.78. The van der Waals surface area contributed by atoms with E-state index < -0.39 is 15.9 Å². The van der Waals surface area contributed by atoms with Crippen molar-refractivity contribution in [2.45, 2.75) is 27.2 Å². The highest BCUT2D eigenvalue weighted by molar-refractivity contribution is 7.89. The number of nitrogens with one attached hydrogen (secondary N) is 2. The molecule has 0 aromatic carbocycles. The first-order valence-corrected chi connectivity index (χ1v) is 9.30. The highest BCUT2D eigenvalue weighted by Gasteiger charge is 2.24. The number of amides is 2. The van der Waals surface area contributed by atoms with Crippen LogP contribution >= 0.6 is 0 Å². The number of hydrogen-bond acceptors (Lipinski definition) is 5. The van der Waals surface area contributed by atoms with Crippen LogP contribution < -0.4 is 10.6 Å². The second kappa shape index (κ2) is 8.60. The lowest BCUT2D eigenvalue weighted by molar-refractivity contribution is -0.127. The van der Waals surface area contributed by atoms with E-state index in [9.17, 15) is 18.0 Å². The number of ether oxygens (including phenoxy) is 1. The number of sulfonamides is 1. The molecule has 1 aliphatic rings. The Bertz CT molecular complexity index is 507. The second-order valence-electron chi connectivity index (χ2n) is 6.69. The van der Waals surface area contributed by atoms with Crippen molar-refractivity contribution in [3.05, 3.63) is 0 Å². The lowest BCUT2D eigenvalue weighted by Gasteiger charge is -2.26. The zero-order valence-corrected chi connectivity index (χ0v) is 14.9. The largest absolute Gasteiger partial charge is 0.379 e. The molecule has 2 amide bonds. The Morgan fingerprint density at radius 2 is 1.70 bits per heavy atom. The van der Waals surface area contributed by atoms with Crippen LogP contribution in [0.3, 0.4) is 0 Å². The zero-order valence-electron chi connectivity index (χ0n) is 14.1. The molecule has 0 radical (unpaired) electrons. The number of nitrogens with zero attached hydrogens (tertiary/aromatic N) is 1. The molecule has 0 spiro atoms. The highest BCUT2D eigenvalue weighted by Crippen LogP contribution is 2.17. The molecule has 0 saturated carbocycles. The zero-order chi connectivity index (χ0) is 17.5. The number of carbonyl (C=O) groups excluding carboxylic acids is 2. The fourth-order valence-corrected chi connectivity index (χ4v) is 3.38. The summed E-state index contributed by atoms with van der Waals surface area (Å²) in [5, 5.41) is 5.03. The van der Waals surface area contributed by atoms with Crippen molar-refractivity contribution in [3.63, 3.8) is 0 Å². The van der Waals surface area contributed by atoms with E-state index in [4.69, 9.17) is 4.74 Å². The summed E-state index contributed by atoms with van der Waals surface area (Å²) in [7, 11) is -3.38. The molecule has 8 nitrogen and oxygen atoms in total. The minimum atomic E-state index is -3.38. The third kappa shape index (κ3) is 8.29. The van der Waals surface area contributed by atoms with E-state index >= 15 is 0 Å². The van der Waals surface area contributed by atoms with Gasteiger partial charge in [-0.05, 0) is 5.41 Å². The molecule has 0 bridgehead atoms. The summed E-state index contributed by atoms with van der Waals surface area (Å²) >= 11 is 0. The van der Waals surface area contributed by atoms with Crippen molar-refractivity contribution in [3.8, 4) is 0 Å². The van der Waals surface area contributed by atoms with Crippen LogP contribution in [0, 0.1) is 5.41 Å². The van der Waals surface area contributed by atoms with Crippen LogP contribution in [0.25, 0.3) is 0 Å². The quantitative estimate of drug-likeness (QED) is 0.633. The third-order valence-electron chi connectivity index (χ3n) is 3.18. The molecule has 0 aromatic heterocycles. The molecular formula is C14H27N3O5S. The smallest absolute Gasteiger partial charge is 0.239 e. The van der Waals surface area contributed by atoms with E-state index in [1.165, 1.54) is 4.31 Å². The van der Waals surface area contributed by atoms with Crippen molar-refractivity contribution >= 4 is 21.8 Å². The maximum atomic E-state index is 12.0. The summed E-state index contributed by atoms with van der Waals surface area (Å²) in [6, 6.07) is 0. The van der Waals surface area contributed by atoms with Gasteiger partial charge in [-0.3, -0.25) is 9.59 Å². The number of rotatable bonds is 7. The standard InChI is InChI=1S/C14H27N3O5S/c1-14(2,3)10-12(18)16-11-13(19)15-4-9-23(20,21)17-5-7-22-8-6-17/h4-11H2,1-3H3,(H,15,19)(H,16,18). The Kier molecular flexibility index (Phi) is 7.43. The lowest BCUT2D eigenvalue weighted by atomic mass is 9.92. The number of hydrogen-bond donors (Lipinski definition) is 2. The molecule has 9 heteroatoms. The Morgan fingerprint density at radius 1 is 1.09 bits per heavy atom. The third-order valence-corrected chi connectivity index (χ3v) is 5.05. The van der Waals surface area contributed by atoms with Gasteiger partial charge >= 0.3 is 0 Å². The van der Waals surface area contributed by atoms with Crippen LogP contribution in [0.1, 0.15) is 27.2 Å². The van der Waals surface area contributed by atoms with Crippen LogP contribution in [0.2, 0.25) is 0 Å². The SMILES string of the molecule is CC(C)(C)CC(=O)NCC(=O)NCCS(=O)(=O)N1CCOCC1. The first-order valence-electron chi connectivity index (χ1n) is 7.69. The summed E-state index contributed by atoms with van der Waals surface area (Å²) in [5.41, 5.74) is -0.146. The van der Waals surface area contributed by atoms with Gasteiger partial charge in [-0.1, -0.05) is 20.8 Å². The molecule has 23 heavy (non-hydrogen) atoms. The Morgan fingerprint density at radius 3 is 2.26 bits per heavy atom. The fraction of sp³-hybridized carbons (Fsp3) is 0.857. The van der Waals surface area contributed by atoms with Gasteiger partial charge in [0.1, 0.15) is 0 Å². The molecule has 0 aromatic rings. The molecule has 0 unspecified atom stereocenters. The average molecular weight is 349 g/mol. The van der Waals surface area contributed by atoms with Crippen LogP contribution in [0.4, 0.5) is 0 Å². The lowest BCUT2D eigenvalue weighted by Crippen LogP contribution is -2.44. The van der Waals surface area contributed by atoms with Crippen molar-refractivity contribution in [2.75, 3.05) is 45.1 Å². The normalized spacial score (nSPS) is 16.8. The summed E-state index contributed by atoms with van der Waals surface area (Å²) in [4.78, 5) is 23.2. The Labute approximate surface area is 138 Å². The van der Waals surface area contributed by atoms with Gasteiger partial charge < -0.3 is 15.4 Å². The first kappa shape index (κ1) is 19.9. The van der Waals surface area contributed by atoms with Gasteiger partial charge in [0, 0.05) is 26.1 Å².